The van der Waals surface area contributed by atoms with Crippen molar-refractivity contribution >= 4 is 18.1 Å². The van der Waals surface area contributed by atoms with Crippen LogP contribution in [0.15, 0.2) is 47.2 Å². The number of hydrogen-bond donors (Lipinski definition) is 0. The van der Waals surface area contributed by atoms with Crippen molar-refractivity contribution in [1.82, 2.24) is 14.8 Å². The number of aromatic nitrogens is 3. The Hall–Kier alpha value is -3.64. The van der Waals surface area contributed by atoms with Crippen molar-refractivity contribution in [1.29, 1.82) is 0 Å². The fourth-order valence-electron chi connectivity index (χ4n) is 3.11. The molecule has 0 bridgehead atoms. The fraction of sp³-hybridized carbons (Fsp3) is 0.364. The Morgan fingerprint density at radius 2 is 1.74 bits per heavy atom. The Bertz CT molecular complexity index is 1150. The van der Waals surface area contributed by atoms with Crippen LogP contribution in [0.2, 0.25) is 0 Å². The van der Waals surface area contributed by atoms with E-state index in [1.165, 1.54) is 13.3 Å². The van der Waals surface area contributed by atoms with Crippen LogP contribution in [0.25, 0.3) is 17.6 Å². The summed E-state index contributed by atoms with van der Waals surface area (Å²) in [5.41, 5.74) is -3.37. The topological polar surface area (TPSA) is 78.6 Å². The molecule has 1 unspecified atom stereocenters. The van der Waals surface area contributed by atoms with Gasteiger partial charge in [-0.25, -0.2) is 14.5 Å². The van der Waals surface area contributed by atoms with E-state index in [1.54, 1.807) is 26.0 Å². The van der Waals surface area contributed by atoms with Crippen LogP contribution < -0.4 is 0 Å². The zero-order valence-corrected chi connectivity index (χ0v) is 18.7. The molecule has 1 aliphatic rings. The first-order chi connectivity index (χ1) is 16.3. The molecule has 0 saturated carbocycles. The summed E-state index contributed by atoms with van der Waals surface area (Å²) in [5.74, 6) is -1.28. The van der Waals surface area contributed by atoms with Gasteiger partial charge in [0, 0.05) is 17.7 Å². The van der Waals surface area contributed by atoms with Gasteiger partial charge in [-0.3, -0.25) is 4.99 Å². The first-order valence-electron chi connectivity index (χ1n) is 10.2. The summed E-state index contributed by atoms with van der Waals surface area (Å²) < 4.78 is 90.4. The van der Waals surface area contributed by atoms with Gasteiger partial charge in [-0.1, -0.05) is 6.08 Å². The number of benzene rings is 1. The number of carbonyl (C=O) groups excluding carboxylic acids is 1. The van der Waals surface area contributed by atoms with Gasteiger partial charge in [0.15, 0.2) is 5.82 Å². The minimum atomic E-state index is -5.01. The van der Waals surface area contributed by atoms with Gasteiger partial charge in [-0.15, -0.1) is 5.10 Å². The minimum absolute atomic E-state index is 0.0185. The van der Waals surface area contributed by atoms with E-state index < -0.39 is 52.9 Å². The van der Waals surface area contributed by atoms with E-state index in [0.717, 1.165) is 11.0 Å². The van der Waals surface area contributed by atoms with Crippen LogP contribution >= 0.6 is 0 Å². The van der Waals surface area contributed by atoms with E-state index in [-0.39, 0.29) is 18.2 Å². The first kappa shape index (κ1) is 26.0. The number of hydrogen-bond acceptors (Lipinski definition) is 6. The molecule has 0 aliphatic carbocycles. The van der Waals surface area contributed by atoms with Crippen molar-refractivity contribution in [2.24, 2.45) is 10.9 Å². The number of halogens is 6. The minimum Gasteiger partial charge on any atom is -0.481 e. The monoisotopic (exact) mass is 502 g/mol. The van der Waals surface area contributed by atoms with Crippen molar-refractivity contribution in [2.45, 2.75) is 32.3 Å². The maximum absolute atomic E-state index is 13.2. The molecule has 0 spiro atoms. The van der Waals surface area contributed by atoms with Gasteiger partial charge in [0.1, 0.15) is 6.33 Å². The number of nitrogens with zero attached hydrogens (tertiary/aromatic N) is 4. The number of rotatable bonds is 5. The molecular formula is C22H20F6N4O3. The molecule has 7 nitrogen and oxygen atoms in total. The lowest BCUT2D eigenvalue weighted by Crippen LogP contribution is -2.23. The molecule has 3 rings (SSSR count). The van der Waals surface area contributed by atoms with Crippen LogP contribution in [0.4, 0.5) is 26.3 Å². The summed E-state index contributed by atoms with van der Waals surface area (Å²) in [6.45, 7) is 3.43. The highest BCUT2D eigenvalue weighted by molar-refractivity contribution is 5.94. The third-order valence-corrected chi connectivity index (χ3v) is 4.73. The maximum atomic E-state index is 13.2. The molecule has 0 radical (unpaired) electrons. The van der Waals surface area contributed by atoms with E-state index >= 15 is 0 Å². The van der Waals surface area contributed by atoms with Crippen LogP contribution in [-0.4, -0.2) is 46.4 Å². The Balaban J connectivity index is 2.01. The smallest absolute Gasteiger partial charge is 0.416 e. The quantitative estimate of drug-likeness (QED) is 0.327. The average Bonchev–Trinajstić information content (AvgIpc) is 3.24. The van der Waals surface area contributed by atoms with E-state index in [4.69, 9.17) is 9.47 Å². The van der Waals surface area contributed by atoms with Crippen molar-refractivity contribution < 1.29 is 40.6 Å². The number of dihydropyridines is 1. The summed E-state index contributed by atoms with van der Waals surface area (Å²) in [4.78, 5) is 20.7. The molecule has 0 amide bonds. The summed E-state index contributed by atoms with van der Waals surface area (Å²) in [7, 11) is 1.43. The Labute approximate surface area is 195 Å². The molecule has 0 fully saturated rings. The average molecular weight is 502 g/mol. The normalized spacial score (nSPS) is 16.9. The zero-order valence-electron chi connectivity index (χ0n) is 18.7. The molecule has 1 aromatic heterocycles. The molecule has 2 heterocycles. The van der Waals surface area contributed by atoms with Gasteiger partial charge in [-0.05, 0) is 38.1 Å². The summed E-state index contributed by atoms with van der Waals surface area (Å²) in [6.07, 6.45) is -4.97. The number of carbonyl (C=O) groups is 1. The van der Waals surface area contributed by atoms with Crippen LogP contribution in [0, 0.1) is 5.92 Å². The number of esters is 1. The van der Waals surface area contributed by atoms with E-state index in [0.29, 0.717) is 18.0 Å². The highest BCUT2D eigenvalue weighted by Crippen LogP contribution is 2.38. The summed E-state index contributed by atoms with van der Waals surface area (Å²) >= 11 is 0. The first-order valence-corrected chi connectivity index (χ1v) is 10.2. The lowest BCUT2D eigenvalue weighted by molar-refractivity contribution is -0.144. The molecule has 2 aromatic rings. The van der Waals surface area contributed by atoms with Gasteiger partial charge < -0.3 is 9.47 Å². The van der Waals surface area contributed by atoms with Gasteiger partial charge in [0.05, 0.1) is 36.5 Å². The summed E-state index contributed by atoms with van der Waals surface area (Å²) in [5, 5.41) is 3.96. The van der Waals surface area contributed by atoms with Crippen LogP contribution in [0.3, 0.4) is 0 Å². The van der Waals surface area contributed by atoms with Crippen LogP contribution in [0.1, 0.15) is 25.0 Å². The Morgan fingerprint density at radius 3 is 2.23 bits per heavy atom. The zero-order chi connectivity index (χ0) is 26.0. The number of ether oxygens (including phenoxy) is 2. The van der Waals surface area contributed by atoms with Crippen molar-refractivity contribution in [2.75, 3.05) is 13.7 Å². The Kier molecular flexibility index (Phi) is 7.36. The summed E-state index contributed by atoms with van der Waals surface area (Å²) in [6, 6.07) is 1.07. The standard InChI is InChI=1S/C22H20F6N4O3/c1-12(2)35-20(33)17(13-4-5-18(34-3)29-9-13)10-32-11-30-19(31-32)14-6-15(21(23,24)25)8-16(7-14)22(26,27)28/h4-8,10-13H,9H2,1-3H3/b17-10+. The molecule has 35 heavy (non-hydrogen) atoms. The van der Waals surface area contributed by atoms with Crippen LogP contribution in [-0.2, 0) is 26.6 Å². The number of alkyl halides is 6. The molecule has 188 valence electrons. The molecule has 1 aliphatic heterocycles. The third kappa shape index (κ3) is 6.49. The van der Waals surface area contributed by atoms with E-state index in [9.17, 15) is 31.1 Å². The molecule has 1 atom stereocenters. The lowest BCUT2D eigenvalue weighted by atomic mass is 9.98. The Morgan fingerprint density at radius 1 is 1.11 bits per heavy atom. The van der Waals surface area contributed by atoms with Gasteiger partial charge in [0.2, 0.25) is 5.90 Å². The van der Waals surface area contributed by atoms with Gasteiger partial charge in [0.25, 0.3) is 0 Å². The highest BCUT2D eigenvalue weighted by Gasteiger charge is 2.37. The second-order valence-corrected chi connectivity index (χ2v) is 7.73. The predicted octanol–water partition coefficient (Wildman–Crippen LogP) is 5.01. The fourth-order valence-corrected chi connectivity index (χ4v) is 3.11. The largest absolute Gasteiger partial charge is 0.481 e. The predicted molar refractivity (Wildman–Crippen MR) is 113 cm³/mol. The molecule has 0 saturated heterocycles. The SMILES string of the molecule is COC1=NCC(/C(=C\n2cnc(-c3cc(C(F)(F)F)cc(C(F)(F)F)c3)n2)C(=O)OC(C)C)C=C1. The van der Waals surface area contributed by atoms with Crippen molar-refractivity contribution in [3.05, 3.63) is 53.4 Å². The van der Waals surface area contributed by atoms with Crippen molar-refractivity contribution in [3.63, 3.8) is 0 Å². The third-order valence-electron chi connectivity index (χ3n) is 4.73. The molecule has 13 heteroatoms. The molecule has 1 aromatic carbocycles. The number of aliphatic imine (C=N–C) groups is 1. The maximum Gasteiger partial charge on any atom is 0.416 e. The number of methoxy groups -OCH3 is 1. The van der Waals surface area contributed by atoms with E-state index in [1.807, 2.05) is 0 Å². The van der Waals surface area contributed by atoms with Gasteiger partial charge in [-0.2, -0.15) is 26.3 Å². The molecule has 0 N–H and O–H groups in total. The second-order valence-electron chi connectivity index (χ2n) is 7.73. The highest BCUT2D eigenvalue weighted by atomic mass is 19.4. The van der Waals surface area contributed by atoms with Gasteiger partial charge >= 0.3 is 18.3 Å². The second kappa shape index (κ2) is 9.92. The van der Waals surface area contributed by atoms with Crippen LogP contribution in [0.5, 0.6) is 0 Å². The lowest BCUT2D eigenvalue weighted by Gasteiger charge is -2.18. The molecular weight excluding hydrogens is 482 g/mol. The van der Waals surface area contributed by atoms with E-state index in [2.05, 4.69) is 15.1 Å². The van der Waals surface area contributed by atoms with Crippen molar-refractivity contribution in [3.8, 4) is 11.4 Å².